The normalized spacial score (nSPS) is 11.5. The summed E-state index contributed by atoms with van der Waals surface area (Å²) in [4.78, 5) is 0. The lowest BCUT2D eigenvalue weighted by Gasteiger charge is -2.10. The number of hydrogen-bond donors (Lipinski definition) is 0. The molecule has 0 radical (unpaired) electrons. The highest BCUT2D eigenvalue weighted by Gasteiger charge is 2.16. The van der Waals surface area contributed by atoms with Crippen molar-refractivity contribution < 1.29 is 4.42 Å². The number of benzene rings is 5. The van der Waals surface area contributed by atoms with E-state index < -0.39 is 0 Å². The predicted molar refractivity (Wildman–Crippen MR) is 143 cm³/mol. The number of aromatic nitrogens is 1. The molecule has 164 valence electrons. The standard InChI is InChI=1S/C32H20N2O/c1-20-10-15-24(22(16-20)19-33)21-11-13-23(14-12-21)34-29-8-4-2-6-25(29)27-18-32-28(17-30(27)34)26-7-3-5-9-31(26)35-32/h2-18H,1H3. The van der Waals surface area contributed by atoms with Crippen LogP contribution in [0.15, 0.2) is 108 Å². The third kappa shape index (κ3) is 2.90. The molecule has 7 rings (SSSR count). The smallest absolute Gasteiger partial charge is 0.136 e. The Labute approximate surface area is 202 Å². The van der Waals surface area contributed by atoms with Crippen LogP contribution in [0.2, 0.25) is 0 Å². The van der Waals surface area contributed by atoms with Gasteiger partial charge in [0.15, 0.2) is 0 Å². The Morgan fingerprint density at radius 1 is 0.657 bits per heavy atom. The highest BCUT2D eigenvalue weighted by molar-refractivity contribution is 6.17. The topological polar surface area (TPSA) is 41.9 Å². The number of furan rings is 1. The Morgan fingerprint density at radius 2 is 1.43 bits per heavy atom. The summed E-state index contributed by atoms with van der Waals surface area (Å²) in [7, 11) is 0. The lowest BCUT2D eigenvalue weighted by molar-refractivity contribution is 0.669. The average Bonchev–Trinajstić information content (AvgIpc) is 3.42. The SMILES string of the molecule is Cc1ccc(-c2ccc(-n3c4ccccc4c4cc5oc6ccccc6c5cc43)cc2)c(C#N)c1. The first-order chi connectivity index (χ1) is 17.2. The average molecular weight is 449 g/mol. The molecule has 7 aromatic rings. The highest BCUT2D eigenvalue weighted by Crippen LogP contribution is 2.38. The van der Waals surface area contributed by atoms with E-state index in [1.54, 1.807) is 0 Å². The monoisotopic (exact) mass is 448 g/mol. The summed E-state index contributed by atoms with van der Waals surface area (Å²) in [6, 6.07) is 38.0. The van der Waals surface area contributed by atoms with E-state index in [9.17, 15) is 5.26 Å². The van der Waals surface area contributed by atoms with E-state index in [0.717, 1.165) is 55.3 Å². The van der Waals surface area contributed by atoms with Gasteiger partial charge in [-0.1, -0.05) is 60.7 Å². The van der Waals surface area contributed by atoms with Crippen LogP contribution in [0.4, 0.5) is 0 Å². The summed E-state index contributed by atoms with van der Waals surface area (Å²) in [5.74, 6) is 0. The molecule has 5 aromatic carbocycles. The molecular formula is C32H20N2O. The van der Waals surface area contributed by atoms with Crippen molar-refractivity contribution in [3.05, 3.63) is 114 Å². The second-order valence-electron chi connectivity index (χ2n) is 9.02. The molecule has 0 spiro atoms. The van der Waals surface area contributed by atoms with Crippen molar-refractivity contribution in [1.29, 1.82) is 5.26 Å². The number of para-hydroxylation sites is 2. The van der Waals surface area contributed by atoms with Crippen LogP contribution in [-0.2, 0) is 0 Å². The first kappa shape index (κ1) is 19.6. The Kier molecular flexibility index (Phi) is 4.12. The van der Waals surface area contributed by atoms with Crippen molar-refractivity contribution in [2.24, 2.45) is 0 Å². The molecular weight excluding hydrogens is 428 g/mol. The first-order valence-corrected chi connectivity index (χ1v) is 11.7. The van der Waals surface area contributed by atoms with Gasteiger partial charge in [-0.05, 0) is 66.1 Å². The Morgan fingerprint density at radius 3 is 2.26 bits per heavy atom. The zero-order valence-electron chi connectivity index (χ0n) is 19.1. The summed E-state index contributed by atoms with van der Waals surface area (Å²) in [5, 5.41) is 14.2. The van der Waals surface area contributed by atoms with Gasteiger partial charge in [-0.15, -0.1) is 0 Å². The third-order valence-electron chi connectivity index (χ3n) is 6.90. The van der Waals surface area contributed by atoms with E-state index in [4.69, 9.17) is 4.42 Å². The van der Waals surface area contributed by atoms with Crippen molar-refractivity contribution in [3.8, 4) is 22.9 Å². The van der Waals surface area contributed by atoms with Crippen molar-refractivity contribution in [2.75, 3.05) is 0 Å². The fourth-order valence-electron chi connectivity index (χ4n) is 5.26. The van der Waals surface area contributed by atoms with Gasteiger partial charge >= 0.3 is 0 Å². The molecule has 2 aromatic heterocycles. The molecule has 35 heavy (non-hydrogen) atoms. The molecule has 0 bridgehead atoms. The van der Waals surface area contributed by atoms with Crippen LogP contribution >= 0.6 is 0 Å². The maximum Gasteiger partial charge on any atom is 0.136 e. The highest BCUT2D eigenvalue weighted by atomic mass is 16.3. The lowest BCUT2D eigenvalue weighted by atomic mass is 9.98. The van der Waals surface area contributed by atoms with Crippen molar-refractivity contribution in [1.82, 2.24) is 4.57 Å². The molecule has 2 heterocycles. The maximum atomic E-state index is 9.63. The minimum Gasteiger partial charge on any atom is -0.456 e. The van der Waals surface area contributed by atoms with E-state index >= 15 is 0 Å². The number of rotatable bonds is 2. The largest absolute Gasteiger partial charge is 0.456 e. The third-order valence-corrected chi connectivity index (χ3v) is 6.90. The predicted octanol–water partition coefficient (Wildman–Crippen LogP) is 8.53. The molecule has 0 aliphatic carbocycles. The van der Waals surface area contributed by atoms with Crippen molar-refractivity contribution >= 4 is 43.7 Å². The number of fused-ring (bicyclic) bond motifs is 6. The van der Waals surface area contributed by atoms with Gasteiger partial charge in [0, 0.05) is 27.2 Å². The summed E-state index contributed by atoms with van der Waals surface area (Å²) >= 11 is 0. The molecule has 0 saturated carbocycles. The van der Waals surface area contributed by atoms with Gasteiger partial charge in [0.05, 0.1) is 22.7 Å². The Bertz CT molecular complexity index is 1960. The van der Waals surface area contributed by atoms with E-state index in [1.165, 1.54) is 10.8 Å². The van der Waals surface area contributed by atoms with E-state index in [2.05, 4.69) is 89.5 Å². The number of nitrogens with zero attached hydrogens (tertiary/aromatic N) is 2. The number of aryl methyl sites for hydroxylation is 1. The number of nitriles is 1. The molecule has 0 aliphatic heterocycles. The first-order valence-electron chi connectivity index (χ1n) is 11.7. The van der Waals surface area contributed by atoms with Gasteiger partial charge in [-0.25, -0.2) is 0 Å². The second kappa shape index (κ2) is 7.35. The van der Waals surface area contributed by atoms with Crippen molar-refractivity contribution in [3.63, 3.8) is 0 Å². The zero-order chi connectivity index (χ0) is 23.5. The maximum absolute atomic E-state index is 9.63. The Balaban J connectivity index is 1.48. The Hall–Kier alpha value is -4.81. The van der Waals surface area contributed by atoms with Crippen LogP contribution in [0.25, 0.3) is 60.6 Å². The molecule has 0 N–H and O–H groups in total. The summed E-state index contributed by atoms with van der Waals surface area (Å²) in [6.07, 6.45) is 0. The van der Waals surface area contributed by atoms with Gasteiger partial charge in [-0.2, -0.15) is 5.26 Å². The number of hydrogen-bond acceptors (Lipinski definition) is 2. The van der Waals surface area contributed by atoms with Crippen LogP contribution in [0.3, 0.4) is 0 Å². The fraction of sp³-hybridized carbons (Fsp3) is 0.0312. The zero-order valence-corrected chi connectivity index (χ0v) is 19.1. The molecule has 0 saturated heterocycles. The van der Waals surface area contributed by atoms with Crippen LogP contribution in [0.1, 0.15) is 11.1 Å². The lowest BCUT2D eigenvalue weighted by Crippen LogP contribution is -1.94. The van der Waals surface area contributed by atoms with Crippen LogP contribution in [0, 0.1) is 18.3 Å². The van der Waals surface area contributed by atoms with Gasteiger partial charge in [-0.3, -0.25) is 0 Å². The molecule has 0 atom stereocenters. The van der Waals surface area contributed by atoms with E-state index in [1.807, 2.05) is 31.2 Å². The van der Waals surface area contributed by atoms with Crippen molar-refractivity contribution in [2.45, 2.75) is 6.92 Å². The van der Waals surface area contributed by atoms with Gasteiger partial charge < -0.3 is 8.98 Å². The van der Waals surface area contributed by atoms with Crippen LogP contribution < -0.4 is 0 Å². The van der Waals surface area contributed by atoms with Gasteiger partial charge in [0.2, 0.25) is 0 Å². The summed E-state index contributed by atoms with van der Waals surface area (Å²) in [5.41, 5.74) is 8.97. The molecule has 0 fully saturated rings. The molecule has 3 heteroatoms. The van der Waals surface area contributed by atoms with E-state index in [-0.39, 0.29) is 0 Å². The van der Waals surface area contributed by atoms with Crippen LogP contribution in [0.5, 0.6) is 0 Å². The molecule has 3 nitrogen and oxygen atoms in total. The summed E-state index contributed by atoms with van der Waals surface area (Å²) in [6.45, 7) is 2.01. The second-order valence-corrected chi connectivity index (χ2v) is 9.02. The summed E-state index contributed by atoms with van der Waals surface area (Å²) < 4.78 is 8.50. The molecule has 0 aliphatic rings. The molecule has 0 amide bonds. The minimum absolute atomic E-state index is 0.698. The van der Waals surface area contributed by atoms with Gasteiger partial charge in [0.25, 0.3) is 0 Å². The van der Waals surface area contributed by atoms with Gasteiger partial charge in [0.1, 0.15) is 11.2 Å². The molecule has 0 unspecified atom stereocenters. The minimum atomic E-state index is 0.698. The van der Waals surface area contributed by atoms with E-state index in [0.29, 0.717) is 5.56 Å². The van der Waals surface area contributed by atoms with Crippen LogP contribution in [-0.4, -0.2) is 4.57 Å². The quantitative estimate of drug-likeness (QED) is 0.266. The fourth-order valence-corrected chi connectivity index (χ4v) is 5.26.